The SMILES string of the molecule is C=CCOC(OCC=C)C(CC)CC. The Labute approximate surface area is 87.6 Å². The molecule has 2 nitrogen and oxygen atoms in total. The van der Waals surface area contributed by atoms with Gasteiger partial charge >= 0.3 is 0 Å². The molecule has 0 saturated carbocycles. The molecule has 14 heavy (non-hydrogen) atoms. The Kier molecular flexibility index (Phi) is 8.59. The molecule has 0 aromatic heterocycles. The van der Waals surface area contributed by atoms with E-state index in [2.05, 4.69) is 27.0 Å². The van der Waals surface area contributed by atoms with Crippen LogP contribution in [0, 0.1) is 5.92 Å². The summed E-state index contributed by atoms with van der Waals surface area (Å²) in [6.45, 7) is 12.6. The van der Waals surface area contributed by atoms with E-state index in [0.29, 0.717) is 19.1 Å². The lowest BCUT2D eigenvalue weighted by molar-refractivity contribution is -0.160. The minimum atomic E-state index is -0.124. The number of rotatable bonds is 9. The maximum atomic E-state index is 5.55. The summed E-state index contributed by atoms with van der Waals surface area (Å²) < 4.78 is 11.1. The van der Waals surface area contributed by atoms with E-state index in [1.54, 1.807) is 12.2 Å². The second kappa shape index (κ2) is 8.97. The summed E-state index contributed by atoms with van der Waals surface area (Å²) in [5.74, 6) is 0.454. The summed E-state index contributed by atoms with van der Waals surface area (Å²) in [7, 11) is 0. The Morgan fingerprint density at radius 1 is 1.00 bits per heavy atom. The summed E-state index contributed by atoms with van der Waals surface area (Å²) in [6, 6.07) is 0. The third kappa shape index (κ3) is 5.20. The summed E-state index contributed by atoms with van der Waals surface area (Å²) in [6.07, 6.45) is 5.49. The molecule has 0 unspecified atom stereocenters. The van der Waals surface area contributed by atoms with Crippen molar-refractivity contribution in [3.63, 3.8) is 0 Å². The average molecular weight is 198 g/mol. The lowest BCUT2D eigenvalue weighted by Gasteiger charge is -2.24. The molecule has 0 N–H and O–H groups in total. The predicted octanol–water partition coefficient (Wildman–Crippen LogP) is 3.15. The standard InChI is InChI=1S/C12H22O2/c1-5-9-13-12(14-10-6-2)11(7-3)8-4/h5-6,11-12H,1-2,7-10H2,3-4H3. The van der Waals surface area contributed by atoms with E-state index in [-0.39, 0.29) is 6.29 Å². The predicted molar refractivity (Wildman–Crippen MR) is 60.2 cm³/mol. The highest BCUT2D eigenvalue weighted by Crippen LogP contribution is 2.17. The van der Waals surface area contributed by atoms with Gasteiger partial charge in [-0.2, -0.15) is 0 Å². The van der Waals surface area contributed by atoms with E-state index in [1.807, 2.05) is 0 Å². The maximum Gasteiger partial charge on any atom is 0.161 e. The van der Waals surface area contributed by atoms with Crippen LogP contribution in [-0.2, 0) is 9.47 Å². The van der Waals surface area contributed by atoms with Gasteiger partial charge < -0.3 is 9.47 Å². The van der Waals surface area contributed by atoms with E-state index < -0.39 is 0 Å². The Morgan fingerprint density at radius 3 is 1.71 bits per heavy atom. The molecule has 0 atom stereocenters. The van der Waals surface area contributed by atoms with Crippen LogP contribution in [-0.4, -0.2) is 19.5 Å². The zero-order valence-electron chi connectivity index (χ0n) is 9.37. The van der Waals surface area contributed by atoms with E-state index in [0.717, 1.165) is 12.8 Å². The fourth-order valence-corrected chi connectivity index (χ4v) is 1.32. The van der Waals surface area contributed by atoms with Gasteiger partial charge in [-0.1, -0.05) is 26.0 Å². The van der Waals surface area contributed by atoms with Gasteiger partial charge in [-0.3, -0.25) is 0 Å². The second-order valence-electron chi connectivity index (χ2n) is 3.19. The van der Waals surface area contributed by atoms with Gasteiger partial charge in [-0.25, -0.2) is 0 Å². The normalized spacial score (nSPS) is 10.9. The summed E-state index contributed by atoms with van der Waals surface area (Å²) in [5, 5.41) is 0. The van der Waals surface area contributed by atoms with Crippen molar-refractivity contribution in [3.8, 4) is 0 Å². The molecule has 0 amide bonds. The molecule has 0 spiro atoms. The van der Waals surface area contributed by atoms with E-state index in [9.17, 15) is 0 Å². The molecule has 0 aliphatic heterocycles. The summed E-state index contributed by atoms with van der Waals surface area (Å²) >= 11 is 0. The van der Waals surface area contributed by atoms with Crippen LogP contribution in [0.25, 0.3) is 0 Å². The van der Waals surface area contributed by atoms with Gasteiger partial charge in [0.15, 0.2) is 6.29 Å². The van der Waals surface area contributed by atoms with Gasteiger partial charge in [0.25, 0.3) is 0 Å². The van der Waals surface area contributed by atoms with Crippen molar-refractivity contribution in [2.45, 2.75) is 33.0 Å². The van der Waals surface area contributed by atoms with Crippen LogP contribution in [0.1, 0.15) is 26.7 Å². The van der Waals surface area contributed by atoms with Gasteiger partial charge in [0, 0.05) is 5.92 Å². The molecule has 0 saturated heterocycles. The van der Waals surface area contributed by atoms with Crippen LogP contribution in [0.4, 0.5) is 0 Å². The van der Waals surface area contributed by atoms with Crippen LogP contribution in [0.5, 0.6) is 0 Å². The van der Waals surface area contributed by atoms with Crippen LogP contribution in [0.15, 0.2) is 25.3 Å². The quantitative estimate of drug-likeness (QED) is 0.418. The first-order valence-electron chi connectivity index (χ1n) is 5.25. The van der Waals surface area contributed by atoms with Crippen molar-refractivity contribution in [1.29, 1.82) is 0 Å². The van der Waals surface area contributed by atoms with Gasteiger partial charge in [0.1, 0.15) is 0 Å². The molecule has 0 rings (SSSR count). The van der Waals surface area contributed by atoms with Crippen LogP contribution < -0.4 is 0 Å². The van der Waals surface area contributed by atoms with Gasteiger partial charge in [-0.05, 0) is 12.8 Å². The monoisotopic (exact) mass is 198 g/mol. The zero-order chi connectivity index (χ0) is 10.8. The highest BCUT2D eigenvalue weighted by atomic mass is 16.7. The molecule has 0 aliphatic carbocycles. The van der Waals surface area contributed by atoms with Crippen molar-refractivity contribution in [2.24, 2.45) is 5.92 Å². The van der Waals surface area contributed by atoms with Crippen molar-refractivity contribution in [3.05, 3.63) is 25.3 Å². The first-order chi connectivity index (χ1) is 6.79. The van der Waals surface area contributed by atoms with Crippen LogP contribution >= 0.6 is 0 Å². The first-order valence-corrected chi connectivity index (χ1v) is 5.25. The first kappa shape index (κ1) is 13.4. The minimum Gasteiger partial charge on any atom is -0.348 e. The summed E-state index contributed by atoms with van der Waals surface area (Å²) in [5.41, 5.74) is 0. The van der Waals surface area contributed by atoms with E-state index in [1.165, 1.54) is 0 Å². The van der Waals surface area contributed by atoms with Crippen molar-refractivity contribution < 1.29 is 9.47 Å². The number of hydrogen-bond donors (Lipinski definition) is 0. The van der Waals surface area contributed by atoms with Crippen molar-refractivity contribution in [1.82, 2.24) is 0 Å². The highest BCUT2D eigenvalue weighted by molar-refractivity contribution is 4.70. The molecule has 0 bridgehead atoms. The molecule has 0 aromatic rings. The van der Waals surface area contributed by atoms with E-state index >= 15 is 0 Å². The van der Waals surface area contributed by atoms with Gasteiger partial charge in [0.05, 0.1) is 13.2 Å². The third-order valence-corrected chi connectivity index (χ3v) is 2.19. The fraction of sp³-hybridized carbons (Fsp3) is 0.667. The topological polar surface area (TPSA) is 18.5 Å². The van der Waals surface area contributed by atoms with Crippen LogP contribution in [0.3, 0.4) is 0 Å². The molecule has 0 radical (unpaired) electrons. The fourth-order valence-electron chi connectivity index (χ4n) is 1.32. The Hall–Kier alpha value is -0.600. The molecule has 0 aromatic carbocycles. The van der Waals surface area contributed by atoms with E-state index in [4.69, 9.17) is 9.47 Å². The minimum absolute atomic E-state index is 0.124. The lowest BCUT2D eigenvalue weighted by Crippen LogP contribution is -2.26. The molecular weight excluding hydrogens is 176 g/mol. The Balaban J connectivity index is 4.04. The lowest BCUT2D eigenvalue weighted by atomic mass is 10.0. The second-order valence-corrected chi connectivity index (χ2v) is 3.19. The van der Waals surface area contributed by atoms with Gasteiger partial charge in [-0.15, -0.1) is 13.2 Å². The van der Waals surface area contributed by atoms with Gasteiger partial charge in [0.2, 0.25) is 0 Å². The third-order valence-electron chi connectivity index (χ3n) is 2.19. The molecule has 0 fully saturated rings. The average Bonchev–Trinajstić information content (AvgIpc) is 2.22. The Morgan fingerprint density at radius 2 is 1.43 bits per heavy atom. The maximum absolute atomic E-state index is 5.55. The smallest absolute Gasteiger partial charge is 0.161 e. The largest absolute Gasteiger partial charge is 0.348 e. The molecule has 0 aliphatic rings. The molecule has 2 heteroatoms. The molecule has 82 valence electrons. The number of ether oxygens (including phenoxy) is 2. The number of hydrogen-bond acceptors (Lipinski definition) is 2. The summed E-state index contributed by atoms with van der Waals surface area (Å²) in [4.78, 5) is 0. The van der Waals surface area contributed by atoms with Crippen molar-refractivity contribution in [2.75, 3.05) is 13.2 Å². The highest BCUT2D eigenvalue weighted by Gasteiger charge is 2.18. The molecule has 0 heterocycles. The Bertz CT molecular complexity index is 138. The zero-order valence-corrected chi connectivity index (χ0v) is 9.37. The van der Waals surface area contributed by atoms with Crippen molar-refractivity contribution >= 4 is 0 Å². The van der Waals surface area contributed by atoms with Crippen LogP contribution in [0.2, 0.25) is 0 Å². The molecular formula is C12H22O2.